The van der Waals surface area contributed by atoms with Gasteiger partial charge in [-0.15, -0.1) is 0 Å². The van der Waals surface area contributed by atoms with Gasteiger partial charge in [0.25, 0.3) is 0 Å². The fourth-order valence-electron chi connectivity index (χ4n) is 3.94. The molecule has 0 saturated carbocycles. The van der Waals surface area contributed by atoms with E-state index < -0.39 is 5.92 Å². The Morgan fingerprint density at radius 3 is 2.35 bits per heavy atom. The highest BCUT2D eigenvalue weighted by Crippen LogP contribution is 2.38. The first-order valence-electron chi connectivity index (χ1n) is 9.25. The number of nitrogens with zero attached hydrogens (tertiary/aromatic N) is 2. The van der Waals surface area contributed by atoms with E-state index in [0.29, 0.717) is 5.56 Å². The second kappa shape index (κ2) is 8.05. The van der Waals surface area contributed by atoms with E-state index in [0.717, 1.165) is 24.2 Å². The third-order valence-electron chi connectivity index (χ3n) is 5.33. The number of primary amides is 1. The highest BCUT2D eigenvalue weighted by molar-refractivity contribution is 5.83. The van der Waals surface area contributed by atoms with Crippen LogP contribution >= 0.6 is 0 Å². The molecule has 4 heteroatoms. The molecule has 2 aromatic rings. The summed E-state index contributed by atoms with van der Waals surface area (Å²) in [6.45, 7) is 4.18. The highest BCUT2D eigenvalue weighted by atomic mass is 16.1. The molecule has 0 aromatic heterocycles. The quantitative estimate of drug-likeness (QED) is 0.891. The lowest BCUT2D eigenvalue weighted by Gasteiger charge is -2.33. The minimum Gasteiger partial charge on any atom is -0.371 e. The molecule has 26 heavy (non-hydrogen) atoms. The number of amides is 1. The lowest BCUT2D eigenvalue weighted by molar-refractivity contribution is -0.119. The lowest BCUT2D eigenvalue weighted by atomic mass is 9.81. The van der Waals surface area contributed by atoms with E-state index in [1.165, 1.54) is 24.9 Å². The molecule has 1 saturated heterocycles. The zero-order valence-electron chi connectivity index (χ0n) is 15.2. The van der Waals surface area contributed by atoms with Crippen LogP contribution in [0.25, 0.3) is 0 Å². The number of benzene rings is 2. The summed E-state index contributed by atoms with van der Waals surface area (Å²) in [6.07, 6.45) is 3.69. The first-order chi connectivity index (χ1) is 12.6. The summed E-state index contributed by atoms with van der Waals surface area (Å²) in [7, 11) is 0. The molecular weight excluding hydrogens is 322 g/mol. The molecule has 1 aliphatic rings. The van der Waals surface area contributed by atoms with E-state index >= 15 is 0 Å². The Morgan fingerprint density at radius 2 is 1.73 bits per heavy atom. The van der Waals surface area contributed by atoms with Gasteiger partial charge in [-0.3, -0.25) is 4.79 Å². The molecule has 2 atom stereocenters. The van der Waals surface area contributed by atoms with E-state index in [1.807, 2.05) is 18.2 Å². The normalized spacial score (nSPS) is 16.5. The molecule has 1 heterocycles. The van der Waals surface area contributed by atoms with Crippen molar-refractivity contribution in [3.8, 4) is 6.07 Å². The number of nitrogens with two attached hydrogens (primary N) is 1. The van der Waals surface area contributed by atoms with Gasteiger partial charge in [0, 0.05) is 18.8 Å². The summed E-state index contributed by atoms with van der Waals surface area (Å²) in [6, 6.07) is 17.6. The molecule has 0 aliphatic carbocycles. The first kappa shape index (κ1) is 18.0. The van der Waals surface area contributed by atoms with Crippen LogP contribution in [0.4, 0.5) is 5.69 Å². The monoisotopic (exact) mass is 347 g/mol. The third kappa shape index (κ3) is 3.72. The van der Waals surface area contributed by atoms with Crippen molar-refractivity contribution in [3.05, 3.63) is 65.2 Å². The van der Waals surface area contributed by atoms with Crippen LogP contribution in [0.1, 0.15) is 54.7 Å². The number of hydrogen-bond donors (Lipinski definition) is 1. The van der Waals surface area contributed by atoms with Crippen molar-refractivity contribution in [2.75, 3.05) is 18.0 Å². The molecule has 0 spiro atoms. The Balaban J connectivity index is 1.96. The van der Waals surface area contributed by atoms with Crippen molar-refractivity contribution in [2.45, 2.75) is 38.0 Å². The van der Waals surface area contributed by atoms with Gasteiger partial charge in [-0.1, -0.05) is 37.3 Å². The molecule has 0 radical (unpaired) electrons. The molecule has 3 rings (SSSR count). The number of hydrogen-bond acceptors (Lipinski definition) is 3. The summed E-state index contributed by atoms with van der Waals surface area (Å²) in [5.74, 6) is -0.803. The van der Waals surface area contributed by atoms with Crippen molar-refractivity contribution >= 4 is 11.6 Å². The van der Waals surface area contributed by atoms with Gasteiger partial charge in [-0.05, 0) is 54.5 Å². The van der Waals surface area contributed by atoms with E-state index in [-0.39, 0.29) is 11.8 Å². The minimum absolute atomic E-state index is 0.0430. The number of carbonyl (C=O) groups excluding carboxylic acids is 1. The van der Waals surface area contributed by atoms with E-state index in [2.05, 4.69) is 36.1 Å². The maximum atomic E-state index is 12.3. The van der Waals surface area contributed by atoms with Gasteiger partial charge >= 0.3 is 0 Å². The van der Waals surface area contributed by atoms with E-state index in [1.54, 1.807) is 12.1 Å². The fourth-order valence-corrected chi connectivity index (χ4v) is 3.94. The summed E-state index contributed by atoms with van der Waals surface area (Å²) in [5.41, 5.74) is 9.59. The zero-order valence-corrected chi connectivity index (χ0v) is 15.2. The van der Waals surface area contributed by atoms with Gasteiger partial charge < -0.3 is 10.6 Å². The van der Waals surface area contributed by atoms with E-state index in [4.69, 9.17) is 11.0 Å². The maximum Gasteiger partial charge on any atom is 0.225 e. The van der Waals surface area contributed by atoms with E-state index in [9.17, 15) is 4.79 Å². The number of nitriles is 1. The van der Waals surface area contributed by atoms with Gasteiger partial charge in [0.2, 0.25) is 5.91 Å². The van der Waals surface area contributed by atoms with Crippen LogP contribution in [-0.2, 0) is 4.79 Å². The zero-order chi connectivity index (χ0) is 18.5. The standard InChI is InChI=1S/C22H25N3O/c1-16(21(22(24)26)18-11-9-17(15-23)10-12-18)19-7-3-4-8-20(19)25-13-5-2-6-14-25/h3-4,7-12,16,21H,2,5-6,13-14H2,1H3,(H2,24,26). The summed E-state index contributed by atoms with van der Waals surface area (Å²) in [4.78, 5) is 14.7. The van der Waals surface area contributed by atoms with Crippen LogP contribution in [0.5, 0.6) is 0 Å². The van der Waals surface area contributed by atoms with Crippen molar-refractivity contribution in [1.82, 2.24) is 0 Å². The number of rotatable bonds is 5. The Kier molecular flexibility index (Phi) is 5.58. The number of piperidine rings is 1. The molecule has 1 aliphatic heterocycles. The Hall–Kier alpha value is -2.80. The van der Waals surface area contributed by atoms with Gasteiger partial charge in [-0.25, -0.2) is 0 Å². The molecular formula is C22H25N3O. The lowest BCUT2D eigenvalue weighted by Crippen LogP contribution is -2.32. The molecule has 2 aromatic carbocycles. The Bertz CT molecular complexity index is 801. The third-order valence-corrected chi connectivity index (χ3v) is 5.33. The first-order valence-corrected chi connectivity index (χ1v) is 9.25. The predicted molar refractivity (Wildman–Crippen MR) is 104 cm³/mol. The van der Waals surface area contributed by atoms with Crippen LogP contribution in [0.15, 0.2) is 48.5 Å². The van der Waals surface area contributed by atoms with Gasteiger partial charge in [0.05, 0.1) is 17.6 Å². The van der Waals surface area contributed by atoms with Crippen molar-refractivity contribution in [2.24, 2.45) is 5.73 Å². The van der Waals surface area contributed by atoms with Gasteiger partial charge in [0.1, 0.15) is 0 Å². The smallest absolute Gasteiger partial charge is 0.225 e. The molecule has 0 bridgehead atoms. The summed E-state index contributed by atoms with van der Waals surface area (Å²) >= 11 is 0. The van der Waals surface area contributed by atoms with Crippen LogP contribution in [-0.4, -0.2) is 19.0 Å². The summed E-state index contributed by atoms with van der Waals surface area (Å²) < 4.78 is 0. The molecule has 2 N–H and O–H groups in total. The highest BCUT2D eigenvalue weighted by Gasteiger charge is 2.29. The SMILES string of the molecule is CC(c1ccccc1N1CCCCC1)C(C(N)=O)c1ccc(C#N)cc1. The predicted octanol–water partition coefficient (Wildman–Crippen LogP) is 3.92. The van der Waals surface area contributed by atoms with Gasteiger partial charge in [-0.2, -0.15) is 5.26 Å². The average Bonchev–Trinajstić information content (AvgIpc) is 2.69. The molecule has 1 fully saturated rings. The molecule has 4 nitrogen and oxygen atoms in total. The Labute approximate surface area is 155 Å². The maximum absolute atomic E-state index is 12.3. The number of anilines is 1. The van der Waals surface area contributed by atoms with Crippen molar-refractivity contribution in [3.63, 3.8) is 0 Å². The van der Waals surface area contributed by atoms with Crippen LogP contribution in [0, 0.1) is 11.3 Å². The van der Waals surface area contributed by atoms with Gasteiger partial charge in [0.15, 0.2) is 0 Å². The Morgan fingerprint density at radius 1 is 1.08 bits per heavy atom. The minimum atomic E-state index is -0.423. The number of carbonyl (C=O) groups is 1. The van der Waals surface area contributed by atoms with Crippen LogP contribution in [0.3, 0.4) is 0 Å². The molecule has 134 valence electrons. The summed E-state index contributed by atoms with van der Waals surface area (Å²) in [5, 5.41) is 9.00. The second-order valence-electron chi connectivity index (χ2n) is 7.01. The topological polar surface area (TPSA) is 70.1 Å². The number of para-hydroxylation sites is 1. The average molecular weight is 347 g/mol. The fraction of sp³-hybridized carbons (Fsp3) is 0.364. The second-order valence-corrected chi connectivity index (χ2v) is 7.01. The molecule has 1 amide bonds. The largest absolute Gasteiger partial charge is 0.371 e. The van der Waals surface area contributed by atoms with Crippen LogP contribution in [0.2, 0.25) is 0 Å². The molecule has 2 unspecified atom stereocenters. The van der Waals surface area contributed by atoms with Crippen molar-refractivity contribution in [1.29, 1.82) is 5.26 Å². The van der Waals surface area contributed by atoms with Crippen molar-refractivity contribution < 1.29 is 4.79 Å². The van der Waals surface area contributed by atoms with Crippen LogP contribution < -0.4 is 10.6 Å².